The number of halogens is 3. The number of hydrogen-bond acceptors (Lipinski definition) is 3. The van der Waals surface area contributed by atoms with Gasteiger partial charge in [0.2, 0.25) is 5.91 Å². The molecule has 0 aromatic heterocycles. The molecule has 1 amide bonds. The molecule has 7 heteroatoms. The van der Waals surface area contributed by atoms with Crippen molar-refractivity contribution in [3.05, 3.63) is 65.5 Å². The predicted octanol–water partition coefficient (Wildman–Crippen LogP) is 3.75. The standard InChI is InChI=1S/C21H23F3N2O2/c22-19-4-2-1-3-16(19)13-26(17-7-8-17)14-20(27)25-12-11-15-5-9-18(10-6-15)28-21(23)24/h1-6,9-10,17,21H,7-8,11-14H2,(H,25,27). The van der Waals surface area contributed by atoms with Crippen LogP contribution in [0.1, 0.15) is 24.0 Å². The number of carbonyl (C=O) groups excluding carboxylic acids is 1. The molecule has 0 bridgehead atoms. The van der Waals surface area contributed by atoms with Crippen LogP contribution in [-0.4, -0.2) is 36.5 Å². The smallest absolute Gasteiger partial charge is 0.387 e. The first kappa shape index (κ1) is 20.2. The van der Waals surface area contributed by atoms with E-state index in [2.05, 4.69) is 10.1 Å². The quantitative estimate of drug-likeness (QED) is 0.670. The Kier molecular flexibility index (Phi) is 6.92. The van der Waals surface area contributed by atoms with Crippen LogP contribution in [0.2, 0.25) is 0 Å². The summed E-state index contributed by atoms with van der Waals surface area (Å²) in [7, 11) is 0. The van der Waals surface area contributed by atoms with Crippen molar-refractivity contribution in [2.75, 3.05) is 13.1 Å². The zero-order chi connectivity index (χ0) is 19.9. The Morgan fingerprint density at radius 3 is 2.50 bits per heavy atom. The minimum absolute atomic E-state index is 0.107. The van der Waals surface area contributed by atoms with Crippen molar-refractivity contribution in [2.45, 2.75) is 38.5 Å². The number of benzene rings is 2. The maximum Gasteiger partial charge on any atom is 0.387 e. The lowest BCUT2D eigenvalue weighted by Crippen LogP contribution is -2.39. The van der Waals surface area contributed by atoms with Gasteiger partial charge in [0.05, 0.1) is 6.54 Å². The molecule has 150 valence electrons. The first-order valence-electron chi connectivity index (χ1n) is 9.29. The molecule has 1 aliphatic carbocycles. The molecule has 2 aromatic carbocycles. The molecule has 0 aliphatic heterocycles. The Bertz CT molecular complexity index is 779. The van der Waals surface area contributed by atoms with E-state index in [1.807, 2.05) is 4.90 Å². The van der Waals surface area contributed by atoms with E-state index in [4.69, 9.17) is 0 Å². The number of carbonyl (C=O) groups is 1. The molecule has 1 N–H and O–H groups in total. The number of nitrogens with one attached hydrogen (secondary N) is 1. The lowest BCUT2D eigenvalue weighted by Gasteiger charge is -2.21. The second kappa shape index (κ2) is 9.59. The predicted molar refractivity (Wildman–Crippen MR) is 99.6 cm³/mol. The van der Waals surface area contributed by atoms with Crippen LogP contribution in [0.5, 0.6) is 5.75 Å². The minimum Gasteiger partial charge on any atom is -0.435 e. The Morgan fingerprint density at radius 2 is 1.86 bits per heavy atom. The van der Waals surface area contributed by atoms with E-state index in [0.717, 1.165) is 18.4 Å². The molecular formula is C21H23F3N2O2. The summed E-state index contributed by atoms with van der Waals surface area (Å²) in [6, 6.07) is 13.3. The van der Waals surface area contributed by atoms with Gasteiger partial charge in [-0.1, -0.05) is 30.3 Å². The van der Waals surface area contributed by atoms with Gasteiger partial charge in [-0.05, 0) is 43.0 Å². The number of hydrogen-bond donors (Lipinski definition) is 1. The second-order valence-electron chi connectivity index (χ2n) is 6.85. The Balaban J connectivity index is 1.44. The molecule has 28 heavy (non-hydrogen) atoms. The fourth-order valence-electron chi connectivity index (χ4n) is 3.02. The van der Waals surface area contributed by atoms with Crippen molar-refractivity contribution >= 4 is 5.91 Å². The van der Waals surface area contributed by atoms with Crippen LogP contribution in [0.25, 0.3) is 0 Å². The largest absolute Gasteiger partial charge is 0.435 e. The summed E-state index contributed by atoms with van der Waals surface area (Å²) in [5.74, 6) is -0.260. The number of nitrogens with zero attached hydrogens (tertiary/aromatic N) is 1. The third-order valence-corrected chi connectivity index (χ3v) is 4.63. The van der Waals surface area contributed by atoms with Crippen molar-refractivity contribution in [3.63, 3.8) is 0 Å². The van der Waals surface area contributed by atoms with Crippen LogP contribution >= 0.6 is 0 Å². The molecule has 0 atom stereocenters. The highest BCUT2D eigenvalue weighted by molar-refractivity contribution is 5.78. The van der Waals surface area contributed by atoms with Gasteiger partial charge in [-0.3, -0.25) is 9.69 Å². The summed E-state index contributed by atoms with van der Waals surface area (Å²) in [5.41, 5.74) is 1.50. The number of amides is 1. The van der Waals surface area contributed by atoms with E-state index >= 15 is 0 Å². The third kappa shape index (κ3) is 6.27. The summed E-state index contributed by atoms with van der Waals surface area (Å²) < 4.78 is 42.5. The zero-order valence-electron chi connectivity index (χ0n) is 15.4. The average molecular weight is 392 g/mol. The van der Waals surface area contributed by atoms with Crippen LogP contribution in [0, 0.1) is 5.82 Å². The lowest BCUT2D eigenvalue weighted by molar-refractivity contribution is -0.122. The van der Waals surface area contributed by atoms with Gasteiger partial charge in [-0.15, -0.1) is 0 Å². The first-order chi connectivity index (χ1) is 13.5. The SMILES string of the molecule is O=C(CN(Cc1ccccc1F)C1CC1)NCCc1ccc(OC(F)F)cc1. The summed E-state index contributed by atoms with van der Waals surface area (Å²) in [6.07, 6.45) is 2.63. The molecule has 1 aliphatic rings. The topological polar surface area (TPSA) is 41.6 Å². The highest BCUT2D eigenvalue weighted by Crippen LogP contribution is 2.28. The average Bonchev–Trinajstić information content (AvgIpc) is 3.49. The van der Waals surface area contributed by atoms with E-state index in [1.54, 1.807) is 30.3 Å². The second-order valence-corrected chi connectivity index (χ2v) is 6.85. The fraction of sp³-hybridized carbons (Fsp3) is 0.381. The number of alkyl halides is 2. The normalized spacial score (nSPS) is 13.8. The van der Waals surface area contributed by atoms with Crippen LogP contribution in [0.15, 0.2) is 48.5 Å². The van der Waals surface area contributed by atoms with Gasteiger partial charge in [0.15, 0.2) is 0 Å². The van der Waals surface area contributed by atoms with E-state index in [-0.39, 0.29) is 24.0 Å². The maximum atomic E-state index is 13.9. The van der Waals surface area contributed by atoms with Crippen molar-refractivity contribution in [1.82, 2.24) is 10.2 Å². The molecule has 0 spiro atoms. The van der Waals surface area contributed by atoms with E-state index in [9.17, 15) is 18.0 Å². The monoisotopic (exact) mass is 392 g/mol. The maximum absolute atomic E-state index is 13.9. The molecular weight excluding hydrogens is 369 g/mol. The number of rotatable bonds is 10. The zero-order valence-corrected chi connectivity index (χ0v) is 15.4. The van der Waals surface area contributed by atoms with Crippen LogP contribution < -0.4 is 10.1 Å². The van der Waals surface area contributed by atoms with E-state index in [0.29, 0.717) is 31.1 Å². The molecule has 0 heterocycles. The number of ether oxygens (including phenoxy) is 1. The van der Waals surface area contributed by atoms with Crippen molar-refractivity contribution in [3.8, 4) is 5.75 Å². The van der Waals surface area contributed by atoms with Gasteiger partial charge in [0.1, 0.15) is 11.6 Å². The molecule has 0 radical (unpaired) electrons. The van der Waals surface area contributed by atoms with E-state index in [1.165, 1.54) is 18.2 Å². The molecule has 1 saturated carbocycles. The van der Waals surface area contributed by atoms with Crippen molar-refractivity contribution in [2.24, 2.45) is 0 Å². The van der Waals surface area contributed by atoms with Crippen molar-refractivity contribution < 1.29 is 22.7 Å². The van der Waals surface area contributed by atoms with Crippen LogP contribution in [0.3, 0.4) is 0 Å². The Hall–Kier alpha value is -2.54. The summed E-state index contributed by atoms with van der Waals surface area (Å²) in [6.45, 7) is -1.77. The third-order valence-electron chi connectivity index (χ3n) is 4.63. The summed E-state index contributed by atoms with van der Waals surface area (Å²) in [4.78, 5) is 14.3. The Morgan fingerprint density at radius 1 is 1.14 bits per heavy atom. The molecule has 0 unspecified atom stereocenters. The minimum atomic E-state index is -2.84. The van der Waals surface area contributed by atoms with Gasteiger partial charge in [0.25, 0.3) is 0 Å². The fourth-order valence-corrected chi connectivity index (χ4v) is 3.02. The molecule has 1 fully saturated rings. The highest BCUT2D eigenvalue weighted by atomic mass is 19.3. The summed E-state index contributed by atoms with van der Waals surface area (Å²) in [5, 5.41) is 2.87. The van der Waals surface area contributed by atoms with Crippen LogP contribution in [-0.2, 0) is 17.8 Å². The van der Waals surface area contributed by atoms with Gasteiger partial charge in [-0.25, -0.2) is 4.39 Å². The Labute approximate surface area is 162 Å². The van der Waals surface area contributed by atoms with Gasteiger partial charge < -0.3 is 10.1 Å². The molecule has 0 saturated heterocycles. The van der Waals surface area contributed by atoms with Gasteiger partial charge >= 0.3 is 6.61 Å². The summed E-state index contributed by atoms with van der Waals surface area (Å²) >= 11 is 0. The van der Waals surface area contributed by atoms with Gasteiger partial charge in [0, 0.05) is 24.7 Å². The van der Waals surface area contributed by atoms with Crippen molar-refractivity contribution in [1.29, 1.82) is 0 Å². The van der Waals surface area contributed by atoms with E-state index < -0.39 is 6.61 Å². The molecule has 2 aromatic rings. The lowest BCUT2D eigenvalue weighted by atomic mass is 10.1. The van der Waals surface area contributed by atoms with Gasteiger partial charge in [-0.2, -0.15) is 8.78 Å². The van der Waals surface area contributed by atoms with Crippen LogP contribution in [0.4, 0.5) is 13.2 Å². The molecule has 4 nitrogen and oxygen atoms in total. The molecule has 3 rings (SSSR count). The highest BCUT2D eigenvalue weighted by Gasteiger charge is 2.30. The first-order valence-corrected chi connectivity index (χ1v) is 9.29.